The highest BCUT2D eigenvalue weighted by Crippen LogP contribution is 2.40. The molecule has 0 fully saturated rings. The SMILES string of the molecule is C[B]c1cn(C)c2cc3c(cc12)CC3CCCC. The summed E-state index contributed by atoms with van der Waals surface area (Å²) >= 11 is 0. The van der Waals surface area contributed by atoms with Crippen LogP contribution in [0.15, 0.2) is 18.3 Å². The van der Waals surface area contributed by atoms with E-state index in [1.165, 1.54) is 42.0 Å². The van der Waals surface area contributed by atoms with Crippen LogP contribution >= 0.6 is 0 Å². The molecular weight excluding hydrogens is 217 g/mol. The van der Waals surface area contributed by atoms with Gasteiger partial charge in [-0.05, 0) is 53.6 Å². The number of benzene rings is 1. The molecular formula is C16H21BN. The maximum Gasteiger partial charge on any atom is 0.151 e. The highest BCUT2D eigenvalue weighted by Gasteiger charge is 2.26. The molecule has 1 radical (unpaired) electrons. The zero-order valence-electron chi connectivity index (χ0n) is 11.7. The number of aryl methyl sites for hydroxylation is 1. The van der Waals surface area contributed by atoms with Crippen molar-refractivity contribution >= 4 is 23.6 Å². The summed E-state index contributed by atoms with van der Waals surface area (Å²) in [6.45, 7) is 4.40. The van der Waals surface area contributed by atoms with Crippen molar-refractivity contribution in [3.63, 3.8) is 0 Å². The molecule has 1 aromatic heterocycles. The second-order valence-corrected chi connectivity index (χ2v) is 5.60. The van der Waals surface area contributed by atoms with Crippen LogP contribution in [0.25, 0.3) is 10.9 Å². The average molecular weight is 238 g/mol. The minimum absolute atomic E-state index is 0.827. The van der Waals surface area contributed by atoms with E-state index in [1.807, 2.05) is 0 Å². The standard InChI is InChI=1S/C16H21BN/c1-4-5-6-11-7-12-8-14-15(17-2)10-18(3)16(14)9-13(11)12/h8-11H,4-7H2,1-3H3. The number of fused-ring (bicyclic) bond motifs is 2. The van der Waals surface area contributed by atoms with Crippen molar-refractivity contribution in [3.05, 3.63) is 29.5 Å². The lowest BCUT2D eigenvalue weighted by atomic mass is 9.70. The summed E-state index contributed by atoms with van der Waals surface area (Å²) in [5.41, 5.74) is 5.95. The molecule has 0 spiro atoms. The summed E-state index contributed by atoms with van der Waals surface area (Å²) in [6, 6.07) is 4.85. The van der Waals surface area contributed by atoms with Gasteiger partial charge in [-0.25, -0.2) is 0 Å². The molecule has 0 saturated heterocycles. The molecule has 1 nitrogen and oxygen atoms in total. The summed E-state index contributed by atoms with van der Waals surface area (Å²) in [6.07, 6.45) is 7.58. The third-order valence-electron chi connectivity index (χ3n) is 4.40. The van der Waals surface area contributed by atoms with Gasteiger partial charge in [0.1, 0.15) is 0 Å². The topological polar surface area (TPSA) is 4.93 Å². The van der Waals surface area contributed by atoms with Crippen molar-refractivity contribution in [3.8, 4) is 0 Å². The fraction of sp³-hybridized carbons (Fsp3) is 0.500. The van der Waals surface area contributed by atoms with Gasteiger partial charge in [-0.3, -0.25) is 0 Å². The van der Waals surface area contributed by atoms with E-state index < -0.39 is 0 Å². The van der Waals surface area contributed by atoms with Crippen molar-refractivity contribution in [1.29, 1.82) is 0 Å². The van der Waals surface area contributed by atoms with Gasteiger partial charge in [0.25, 0.3) is 0 Å². The van der Waals surface area contributed by atoms with Crippen molar-refractivity contribution in [2.75, 3.05) is 0 Å². The number of hydrogen-bond donors (Lipinski definition) is 0. The molecule has 1 heterocycles. The summed E-state index contributed by atoms with van der Waals surface area (Å²) in [7, 11) is 4.36. The van der Waals surface area contributed by atoms with Crippen LogP contribution in [0.4, 0.5) is 0 Å². The van der Waals surface area contributed by atoms with Crippen LogP contribution < -0.4 is 5.46 Å². The normalized spacial score (nSPS) is 17.6. The van der Waals surface area contributed by atoms with Gasteiger partial charge >= 0.3 is 0 Å². The summed E-state index contributed by atoms with van der Waals surface area (Å²) in [4.78, 5) is 0. The molecule has 2 heteroatoms. The Balaban J connectivity index is 2.00. The number of aromatic nitrogens is 1. The maximum atomic E-state index is 2.43. The molecule has 3 rings (SSSR count). The molecule has 0 bridgehead atoms. The fourth-order valence-corrected chi connectivity index (χ4v) is 3.26. The van der Waals surface area contributed by atoms with Crippen LogP contribution in [0.3, 0.4) is 0 Å². The number of hydrogen-bond acceptors (Lipinski definition) is 0. The number of unbranched alkanes of at least 4 members (excludes halogenated alkanes) is 1. The fourth-order valence-electron chi connectivity index (χ4n) is 3.26. The summed E-state index contributed by atoms with van der Waals surface area (Å²) < 4.78 is 2.26. The van der Waals surface area contributed by atoms with E-state index in [-0.39, 0.29) is 0 Å². The van der Waals surface area contributed by atoms with Gasteiger partial charge in [0.2, 0.25) is 0 Å². The Labute approximate surface area is 110 Å². The second kappa shape index (κ2) is 4.49. The van der Waals surface area contributed by atoms with E-state index in [0.29, 0.717) is 0 Å². The highest BCUT2D eigenvalue weighted by molar-refractivity contribution is 6.55. The van der Waals surface area contributed by atoms with E-state index in [1.54, 1.807) is 11.1 Å². The maximum absolute atomic E-state index is 2.43. The van der Waals surface area contributed by atoms with E-state index in [4.69, 9.17) is 0 Å². The first-order valence-electron chi connectivity index (χ1n) is 7.15. The van der Waals surface area contributed by atoms with E-state index in [9.17, 15) is 0 Å². The minimum Gasteiger partial charge on any atom is -0.351 e. The van der Waals surface area contributed by atoms with Crippen molar-refractivity contribution in [2.45, 2.75) is 45.3 Å². The molecule has 1 aliphatic rings. The number of rotatable bonds is 4. The van der Waals surface area contributed by atoms with E-state index >= 15 is 0 Å². The molecule has 1 unspecified atom stereocenters. The van der Waals surface area contributed by atoms with Gasteiger partial charge in [-0.1, -0.05) is 32.1 Å². The monoisotopic (exact) mass is 238 g/mol. The Hall–Kier alpha value is -1.18. The zero-order chi connectivity index (χ0) is 12.7. The van der Waals surface area contributed by atoms with Gasteiger partial charge in [-0.15, -0.1) is 0 Å². The lowest BCUT2D eigenvalue weighted by molar-refractivity contribution is 0.532. The highest BCUT2D eigenvalue weighted by atomic mass is 14.9. The molecule has 0 saturated carbocycles. The molecule has 93 valence electrons. The Morgan fingerprint density at radius 3 is 2.94 bits per heavy atom. The zero-order valence-corrected chi connectivity index (χ0v) is 11.7. The molecule has 0 N–H and O–H groups in total. The van der Waals surface area contributed by atoms with E-state index in [0.717, 1.165) is 5.92 Å². The first-order valence-corrected chi connectivity index (χ1v) is 7.15. The molecule has 18 heavy (non-hydrogen) atoms. The van der Waals surface area contributed by atoms with Gasteiger partial charge in [0, 0.05) is 12.6 Å². The summed E-state index contributed by atoms with van der Waals surface area (Å²) in [5, 5.41) is 1.42. The van der Waals surface area contributed by atoms with Gasteiger partial charge in [0.05, 0.1) is 0 Å². The van der Waals surface area contributed by atoms with Crippen molar-refractivity contribution in [2.24, 2.45) is 7.05 Å². The van der Waals surface area contributed by atoms with Gasteiger partial charge in [0.15, 0.2) is 7.28 Å². The van der Waals surface area contributed by atoms with Crippen LogP contribution in [-0.2, 0) is 13.5 Å². The van der Waals surface area contributed by atoms with Crippen molar-refractivity contribution in [1.82, 2.24) is 4.57 Å². The molecule has 1 aromatic carbocycles. The first kappa shape index (κ1) is 11.9. The van der Waals surface area contributed by atoms with Crippen molar-refractivity contribution < 1.29 is 0 Å². The third-order valence-corrected chi connectivity index (χ3v) is 4.40. The Kier molecular flexibility index (Phi) is 2.97. The average Bonchev–Trinajstić information content (AvgIpc) is 2.66. The predicted molar refractivity (Wildman–Crippen MR) is 80.1 cm³/mol. The Morgan fingerprint density at radius 2 is 2.22 bits per heavy atom. The molecule has 1 atom stereocenters. The largest absolute Gasteiger partial charge is 0.351 e. The lowest BCUT2D eigenvalue weighted by Gasteiger charge is -2.30. The predicted octanol–water partition coefficient (Wildman–Crippen LogP) is 3.39. The smallest absolute Gasteiger partial charge is 0.151 e. The van der Waals surface area contributed by atoms with Gasteiger partial charge in [-0.2, -0.15) is 0 Å². The molecule has 0 aliphatic heterocycles. The van der Waals surface area contributed by atoms with Gasteiger partial charge < -0.3 is 4.57 Å². The molecule has 1 aliphatic carbocycles. The third kappa shape index (κ3) is 1.70. The van der Waals surface area contributed by atoms with Crippen LogP contribution in [0, 0.1) is 0 Å². The Bertz CT molecular complexity index is 582. The van der Waals surface area contributed by atoms with Crippen LogP contribution in [-0.4, -0.2) is 11.8 Å². The molecule has 2 aromatic rings. The number of nitrogens with zero attached hydrogens (tertiary/aromatic N) is 1. The summed E-state index contributed by atoms with van der Waals surface area (Å²) in [5.74, 6) is 0.827. The Morgan fingerprint density at radius 1 is 1.39 bits per heavy atom. The van der Waals surface area contributed by atoms with Crippen LogP contribution in [0.2, 0.25) is 6.82 Å². The second-order valence-electron chi connectivity index (χ2n) is 5.60. The van der Waals surface area contributed by atoms with Crippen LogP contribution in [0.5, 0.6) is 0 Å². The van der Waals surface area contributed by atoms with Crippen LogP contribution in [0.1, 0.15) is 43.2 Å². The quantitative estimate of drug-likeness (QED) is 0.719. The van der Waals surface area contributed by atoms with E-state index in [2.05, 4.69) is 51.0 Å². The first-order chi connectivity index (χ1) is 8.74. The minimum atomic E-state index is 0.827. The molecule has 0 amide bonds. The lowest BCUT2D eigenvalue weighted by Crippen LogP contribution is -2.18.